The van der Waals surface area contributed by atoms with Crippen molar-refractivity contribution in [3.63, 3.8) is 0 Å². The minimum atomic E-state index is -3.56. The fourth-order valence-electron chi connectivity index (χ4n) is 2.36. The van der Waals surface area contributed by atoms with Crippen LogP contribution >= 0.6 is 11.8 Å². The molecule has 110 valence electrons. The molecule has 1 saturated heterocycles. The topological polar surface area (TPSA) is 54.5 Å². The molecule has 20 heavy (non-hydrogen) atoms. The number of benzene rings is 1. The lowest BCUT2D eigenvalue weighted by Crippen LogP contribution is -2.36. The second-order valence-corrected chi connectivity index (χ2v) is 7.92. The SMILES string of the molecule is CSCC[C@H]1CC(=O)CN1S(=O)(=O)c1ccc(C)cc1. The predicted octanol–water partition coefficient (Wildman–Crippen LogP) is 2.08. The van der Waals surface area contributed by atoms with E-state index in [4.69, 9.17) is 0 Å². The Labute approximate surface area is 124 Å². The number of aryl methyl sites for hydroxylation is 1. The quantitative estimate of drug-likeness (QED) is 0.835. The first-order valence-corrected chi connectivity index (χ1v) is 9.37. The van der Waals surface area contributed by atoms with Gasteiger partial charge < -0.3 is 0 Å². The van der Waals surface area contributed by atoms with Crippen LogP contribution in [0.3, 0.4) is 0 Å². The maximum Gasteiger partial charge on any atom is 0.243 e. The molecule has 1 heterocycles. The Morgan fingerprint density at radius 2 is 1.95 bits per heavy atom. The van der Waals surface area contributed by atoms with Crippen LogP contribution in [0.15, 0.2) is 29.2 Å². The zero-order chi connectivity index (χ0) is 14.8. The molecule has 0 spiro atoms. The molecule has 0 N–H and O–H groups in total. The van der Waals surface area contributed by atoms with Gasteiger partial charge in [0.25, 0.3) is 0 Å². The van der Waals surface area contributed by atoms with Gasteiger partial charge in [0.1, 0.15) is 5.78 Å². The summed E-state index contributed by atoms with van der Waals surface area (Å²) in [6, 6.07) is 6.59. The van der Waals surface area contributed by atoms with Crippen LogP contribution in [-0.4, -0.2) is 43.1 Å². The molecule has 0 aliphatic carbocycles. The lowest BCUT2D eigenvalue weighted by Gasteiger charge is -2.23. The van der Waals surface area contributed by atoms with Gasteiger partial charge in [-0.1, -0.05) is 17.7 Å². The van der Waals surface area contributed by atoms with Crippen molar-refractivity contribution >= 4 is 27.6 Å². The van der Waals surface area contributed by atoms with Gasteiger partial charge in [-0.2, -0.15) is 16.1 Å². The Balaban J connectivity index is 2.27. The fourth-order valence-corrected chi connectivity index (χ4v) is 4.50. The normalized spacial score (nSPS) is 20.5. The second-order valence-electron chi connectivity index (χ2n) is 5.04. The molecule has 0 aromatic heterocycles. The van der Waals surface area contributed by atoms with Crippen LogP contribution in [0, 0.1) is 6.92 Å². The first kappa shape index (κ1) is 15.5. The number of rotatable bonds is 5. The highest BCUT2D eigenvalue weighted by atomic mass is 32.2. The van der Waals surface area contributed by atoms with E-state index in [2.05, 4.69) is 0 Å². The molecule has 1 aromatic carbocycles. The van der Waals surface area contributed by atoms with Gasteiger partial charge in [0.15, 0.2) is 0 Å². The summed E-state index contributed by atoms with van der Waals surface area (Å²) in [5.74, 6) is 0.865. The van der Waals surface area contributed by atoms with E-state index in [-0.39, 0.29) is 23.3 Å². The number of thioether (sulfide) groups is 1. The summed E-state index contributed by atoms with van der Waals surface area (Å²) in [4.78, 5) is 11.9. The van der Waals surface area contributed by atoms with E-state index in [0.717, 1.165) is 17.7 Å². The Morgan fingerprint density at radius 3 is 2.55 bits per heavy atom. The van der Waals surface area contributed by atoms with E-state index in [1.165, 1.54) is 4.31 Å². The number of carbonyl (C=O) groups is 1. The first-order valence-electron chi connectivity index (χ1n) is 6.54. The Kier molecular flexibility index (Phi) is 4.88. The molecule has 1 atom stereocenters. The molecular weight excluding hydrogens is 294 g/mol. The van der Waals surface area contributed by atoms with Gasteiger partial charge in [0.2, 0.25) is 10.0 Å². The van der Waals surface area contributed by atoms with E-state index in [1.807, 2.05) is 13.2 Å². The zero-order valence-electron chi connectivity index (χ0n) is 11.7. The van der Waals surface area contributed by atoms with Gasteiger partial charge in [0, 0.05) is 12.5 Å². The summed E-state index contributed by atoms with van der Waals surface area (Å²) in [7, 11) is -3.56. The summed E-state index contributed by atoms with van der Waals surface area (Å²) < 4.78 is 26.6. The summed E-state index contributed by atoms with van der Waals surface area (Å²) in [6.45, 7) is 1.92. The molecule has 6 heteroatoms. The summed E-state index contributed by atoms with van der Waals surface area (Å²) in [5, 5.41) is 0. The number of nitrogens with zero attached hydrogens (tertiary/aromatic N) is 1. The van der Waals surface area contributed by atoms with Crippen molar-refractivity contribution in [3.05, 3.63) is 29.8 Å². The average Bonchev–Trinajstić information content (AvgIpc) is 2.79. The van der Waals surface area contributed by atoms with Crippen molar-refractivity contribution in [3.8, 4) is 0 Å². The van der Waals surface area contributed by atoms with Gasteiger partial charge in [-0.05, 0) is 37.5 Å². The standard InChI is InChI=1S/C14H19NO3S2/c1-11-3-5-14(6-4-11)20(17,18)15-10-13(16)9-12(15)7-8-19-2/h3-6,12H,7-10H2,1-2H3/t12-/m0/s1. The second kappa shape index (κ2) is 6.28. The molecule has 1 aliphatic rings. The van der Waals surface area contributed by atoms with Gasteiger partial charge in [0.05, 0.1) is 11.4 Å². The predicted molar refractivity (Wildman–Crippen MR) is 81.5 cm³/mol. The van der Waals surface area contributed by atoms with Crippen LogP contribution in [0.2, 0.25) is 0 Å². The third kappa shape index (κ3) is 3.24. The molecule has 4 nitrogen and oxygen atoms in total. The monoisotopic (exact) mass is 313 g/mol. The summed E-state index contributed by atoms with van der Waals surface area (Å²) >= 11 is 1.67. The number of hydrogen-bond donors (Lipinski definition) is 0. The van der Waals surface area contributed by atoms with Gasteiger partial charge in [-0.15, -0.1) is 0 Å². The first-order chi connectivity index (χ1) is 9.45. The molecule has 1 aromatic rings. The number of ketones is 1. The summed E-state index contributed by atoms with van der Waals surface area (Å²) in [6.07, 6.45) is 3.04. The Morgan fingerprint density at radius 1 is 1.30 bits per heavy atom. The third-order valence-electron chi connectivity index (χ3n) is 3.49. The Hall–Kier alpha value is -0.850. The number of Topliss-reactive ketones (excluding diaryl/α,β-unsaturated/α-hetero) is 1. The van der Waals surface area contributed by atoms with Crippen LogP contribution < -0.4 is 0 Å². The van der Waals surface area contributed by atoms with Crippen molar-refractivity contribution in [1.29, 1.82) is 0 Å². The molecular formula is C14H19NO3S2. The lowest BCUT2D eigenvalue weighted by atomic mass is 10.2. The Bertz CT molecular complexity index is 581. The van der Waals surface area contributed by atoms with E-state index in [0.29, 0.717) is 6.42 Å². The molecule has 1 aliphatic heterocycles. The van der Waals surface area contributed by atoms with Gasteiger partial charge >= 0.3 is 0 Å². The summed E-state index contributed by atoms with van der Waals surface area (Å²) in [5.41, 5.74) is 1.01. The minimum Gasteiger partial charge on any atom is -0.298 e. The van der Waals surface area contributed by atoms with Gasteiger partial charge in [-0.3, -0.25) is 4.79 Å². The van der Waals surface area contributed by atoms with Crippen molar-refractivity contribution in [2.45, 2.75) is 30.7 Å². The van der Waals surface area contributed by atoms with Crippen molar-refractivity contribution < 1.29 is 13.2 Å². The molecule has 0 saturated carbocycles. The molecule has 0 bridgehead atoms. The third-order valence-corrected chi connectivity index (χ3v) is 6.04. The van der Waals surface area contributed by atoms with Crippen molar-refractivity contribution in [2.75, 3.05) is 18.6 Å². The average molecular weight is 313 g/mol. The maximum absolute atomic E-state index is 12.6. The molecule has 1 fully saturated rings. The van der Waals surface area contributed by atoms with Crippen LogP contribution in [0.1, 0.15) is 18.4 Å². The minimum absolute atomic E-state index is 0.00629. The number of carbonyl (C=O) groups excluding carboxylic acids is 1. The molecule has 2 rings (SSSR count). The molecule has 0 unspecified atom stereocenters. The highest BCUT2D eigenvalue weighted by molar-refractivity contribution is 7.98. The highest BCUT2D eigenvalue weighted by Crippen LogP contribution is 2.27. The highest BCUT2D eigenvalue weighted by Gasteiger charge is 2.38. The van der Waals surface area contributed by atoms with E-state index >= 15 is 0 Å². The zero-order valence-corrected chi connectivity index (χ0v) is 13.3. The smallest absolute Gasteiger partial charge is 0.243 e. The number of hydrogen-bond acceptors (Lipinski definition) is 4. The largest absolute Gasteiger partial charge is 0.298 e. The van der Waals surface area contributed by atoms with Gasteiger partial charge in [-0.25, -0.2) is 8.42 Å². The van der Waals surface area contributed by atoms with Crippen LogP contribution in [0.5, 0.6) is 0 Å². The van der Waals surface area contributed by atoms with Crippen molar-refractivity contribution in [1.82, 2.24) is 4.31 Å². The number of sulfonamides is 1. The molecule has 0 radical (unpaired) electrons. The van der Waals surface area contributed by atoms with E-state index in [1.54, 1.807) is 36.0 Å². The van der Waals surface area contributed by atoms with Crippen LogP contribution in [-0.2, 0) is 14.8 Å². The van der Waals surface area contributed by atoms with E-state index in [9.17, 15) is 13.2 Å². The van der Waals surface area contributed by atoms with E-state index < -0.39 is 10.0 Å². The van der Waals surface area contributed by atoms with Crippen molar-refractivity contribution in [2.24, 2.45) is 0 Å². The van der Waals surface area contributed by atoms with Crippen LogP contribution in [0.4, 0.5) is 0 Å². The lowest BCUT2D eigenvalue weighted by molar-refractivity contribution is -0.116. The molecule has 0 amide bonds. The fraction of sp³-hybridized carbons (Fsp3) is 0.500. The maximum atomic E-state index is 12.6. The van der Waals surface area contributed by atoms with Crippen LogP contribution in [0.25, 0.3) is 0 Å².